The predicted molar refractivity (Wildman–Crippen MR) is 105 cm³/mol. The van der Waals surface area contributed by atoms with Crippen LogP contribution < -0.4 is 5.32 Å². The van der Waals surface area contributed by atoms with Crippen LogP contribution in [0.3, 0.4) is 0 Å². The first kappa shape index (κ1) is 21.6. The Bertz CT molecular complexity index is 904. The molecule has 28 heavy (non-hydrogen) atoms. The standard InChI is InChI=1S/C17H17ClN4O5S/c1-9-6-10(2)20-17(19-9)28-8-15(23)27-11(3)16(24)21-14-5-4-12(22(25)26)7-13(14)18/h4-7,11H,8H2,1-3H3,(H,21,24). The van der Waals surface area contributed by atoms with Gasteiger partial charge in [0.1, 0.15) is 0 Å². The molecule has 0 aliphatic carbocycles. The van der Waals surface area contributed by atoms with Gasteiger partial charge in [0.2, 0.25) is 0 Å². The van der Waals surface area contributed by atoms with Crippen molar-refractivity contribution in [2.75, 3.05) is 11.1 Å². The van der Waals surface area contributed by atoms with Crippen molar-refractivity contribution in [1.29, 1.82) is 0 Å². The third-order valence-electron chi connectivity index (χ3n) is 3.38. The summed E-state index contributed by atoms with van der Waals surface area (Å²) in [5.41, 5.74) is 1.55. The minimum atomic E-state index is -1.08. The normalized spacial score (nSPS) is 11.6. The van der Waals surface area contributed by atoms with Crippen LogP contribution in [0.2, 0.25) is 5.02 Å². The van der Waals surface area contributed by atoms with Gasteiger partial charge in [-0.1, -0.05) is 23.4 Å². The minimum absolute atomic E-state index is 0.00333. The van der Waals surface area contributed by atoms with Crippen LogP contribution in [0.15, 0.2) is 29.4 Å². The number of nitro groups is 1. The number of nitrogens with zero attached hydrogens (tertiary/aromatic N) is 3. The van der Waals surface area contributed by atoms with Crippen LogP contribution in [0.4, 0.5) is 11.4 Å². The highest BCUT2D eigenvalue weighted by Gasteiger charge is 2.20. The number of ether oxygens (including phenoxy) is 1. The SMILES string of the molecule is Cc1cc(C)nc(SCC(=O)OC(C)C(=O)Nc2ccc([N+](=O)[O-])cc2Cl)n1. The molecular formula is C17H17ClN4O5S. The van der Waals surface area contributed by atoms with E-state index in [2.05, 4.69) is 15.3 Å². The number of halogens is 1. The van der Waals surface area contributed by atoms with Crippen LogP contribution in [0.1, 0.15) is 18.3 Å². The van der Waals surface area contributed by atoms with Crippen LogP contribution in [0.25, 0.3) is 0 Å². The fraction of sp³-hybridized carbons (Fsp3) is 0.294. The minimum Gasteiger partial charge on any atom is -0.452 e. The van der Waals surface area contributed by atoms with Crippen molar-refractivity contribution in [3.05, 3.63) is 50.8 Å². The number of benzene rings is 1. The Morgan fingerprint density at radius 2 is 1.93 bits per heavy atom. The molecule has 0 spiro atoms. The number of hydrogen-bond acceptors (Lipinski definition) is 8. The highest BCUT2D eigenvalue weighted by atomic mass is 35.5. The van der Waals surface area contributed by atoms with Gasteiger partial charge in [-0.05, 0) is 32.9 Å². The van der Waals surface area contributed by atoms with Crippen LogP contribution in [-0.2, 0) is 14.3 Å². The molecule has 9 nitrogen and oxygen atoms in total. The quantitative estimate of drug-likeness (QED) is 0.236. The van der Waals surface area contributed by atoms with Crippen molar-refractivity contribution >= 4 is 46.6 Å². The second-order valence-corrected chi connectivity index (χ2v) is 7.11. The second-order valence-electron chi connectivity index (χ2n) is 5.76. The summed E-state index contributed by atoms with van der Waals surface area (Å²) < 4.78 is 5.09. The number of non-ortho nitro benzene ring substituents is 1. The van der Waals surface area contributed by atoms with Gasteiger partial charge in [0.05, 0.1) is 21.4 Å². The fourth-order valence-corrected chi connectivity index (χ4v) is 3.07. The Morgan fingerprint density at radius 1 is 1.29 bits per heavy atom. The molecule has 0 bridgehead atoms. The summed E-state index contributed by atoms with van der Waals surface area (Å²) in [5.74, 6) is -1.28. The Hall–Kier alpha value is -2.72. The zero-order chi connectivity index (χ0) is 20.8. The zero-order valence-electron chi connectivity index (χ0n) is 15.3. The van der Waals surface area contributed by atoms with Gasteiger partial charge in [0.25, 0.3) is 11.6 Å². The van der Waals surface area contributed by atoms with Gasteiger partial charge >= 0.3 is 5.97 Å². The summed E-state index contributed by atoms with van der Waals surface area (Å²) >= 11 is 7.03. The number of nitro benzene ring substituents is 1. The van der Waals surface area contributed by atoms with E-state index in [4.69, 9.17) is 16.3 Å². The lowest BCUT2D eigenvalue weighted by Crippen LogP contribution is -2.30. The average molecular weight is 425 g/mol. The Morgan fingerprint density at radius 3 is 2.50 bits per heavy atom. The van der Waals surface area contributed by atoms with Crippen LogP contribution in [-0.4, -0.2) is 38.6 Å². The maximum Gasteiger partial charge on any atom is 0.317 e. The number of amides is 1. The van der Waals surface area contributed by atoms with Crippen LogP contribution in [0.5, 0.6) is 0 Å². The molecule has 0 saturated heterocycles. The Kier molecular flexibility index (Phi) is 7.30. The summed E-state index contributed by atoms with van der Waals surface area (Å²) in [6.45, 7) is 5.06. The molecule has 1 unspecified atom stereocenters. The number of aromatic nitrogens is 2. The van der Waals surface area contributed by atoms with E-state index in [1.54, 1.807) is 0 Å². The number of aryl methyl sites for hydroxylation is 2. The van der Waals surface area contributed by atoms with Gasteiger partial charge in [-0.3, -0.25) is 19.7 Å². The zero-order valence-corrected chi connectivity index (χ0v) is 16.8. The first-order valence-corrected chi connectivity index (χ1v) is 9.41. The van der Waals surface area contributed by atoms with Crippen molar-refractivity contribution in [2.45, 2.75) is 32.0 Å². The van der Waals surface area contributed by atoms with Gasteiger partial charge in [-0.25, -0.2) is 9.97 Å². The van der Waals surface area contributed by atoms with E-state index in [1.165, 1.54) is 19.1 Å². The van der Waals surface area contributed by atoms with E-state index in [1.807, 2.05) is 19.9 Å². The van der Waals surface area contributed by atoms with E-state index in [0.717, 1.165) is 29.2 Å². The molecule has 1 amide bonds. The Labute approximate surface area is 170 Å². The summed E-state index contributed by atoms with van der Waals surface area (Å²) in [5, 5.41) is 13.6. The maximum absolute atomic E-state index is 12.2. The third-order valence-corrected chi connectivity index (χ3v) is 4.51. The molecule has 1 N–H and O–H groups in total. The van der Waals surface area contributed by atoms with Crippen molar-refractivity contribution in [2.24, 2.45) is 0 Å². The number of thioether (sulfide) groups is 1. The van der Waals surface area contributed by atoms with Crippen molar-refractivity contribution < 1.29 is 19.2 Å². The maximum atomic E-state index is 12.2. The van der Waals surface area contributed by atoms with Gasteiger partial charge in [-0.2, -0.15) is 0 Å². The molecule has 1 aromatic heterocycles. The molecule has 148 valence electrons. The molecule has 0 aliphatic rings. The lowest BCUT2D eigenvalue weighted by Gasteiger charge is -2.14. The smallest absolute Gasteiger partial charge is 0.317 e. The van der Waals surface area contributed by atoms with Gasteiger partial charge in [0.15, 0.2) is 11.3 Å². The van der Waals surface area contributed by atoms with E-state index in [0.29, 0.717) is 5.16 Å². The summed E-state index contributed by atoms with van der Waals surface area (Å²) in [7, 11) is 0. The molecule has 2 aromatic rings. The molecule has 1 heterocycles. The molecule has 1 aromatic carbocycles. The molecular weight excluding hydrogens is 408 g/mol. The Balaban J connectivity index is 1.89. The molecule has 0 aliphatic heterocycles. The molecule has 0 fully saturated rings. The van der Waals surface area contributed by atoms with E-state index < -0.39 is 22.9 Å². The number of carbonyl (C=O) groups is 2. The van der Waals surface area contributed by atoms with Crippen molar-refractivity contribution in [3.8, 4) is 0 Å². The first-order chi connectivity index (χ1) is 13.2. The number of rotatable bonds is 7. The topological polar surface area (TPSA) is 124 Å². The number of hydrogen-bond donors (Lipinski definition) is 1. The lowest BCUT2D eigenvalue weighted by atomic mass is 10.2. The molecule has 11 heteroatoms. The lowest BCUT2D eigenvalue weighted by molar-refractivity contribution is -0.384. The monoisotopic (exact) mass is 424 g/mol. The van der Waals surface area contributed by atoms with Crippen molar-refractivity contribution in [3.63, 3.8) is 0 Å². The van der Waals surface area contributed by atoms with E-state index in [-0.39, 0.29) is 22.2 Å². The van der Waals surface area contributed by atoms with Crippen LogP contribution in [0, 0.1) is 24.0 Å². The van der Waals surface area contributed by atoms with Crippen LogP contribution >= 0.6 is 23.4 Å². The average Bonchev–Trinajstić information content (AvgIpc) is 2.60. The summed E-state index contributed by atoms with van der Waals surface area (Å²) in [4.78, 5) is 42.7. The number of esters is 1. The van der Waals surface area contributed by atoms with E-state index >= 15 is 0 Å². The van der Waals surface area contributed by atoms with Crippen molar-refractivity contribution in [1.82, 2.24) is 9.97 Å². The third kappa shape index (κ3) is 6.17. The number of anilines is 1. The van der Waals surface area contributed by atoms with Gasteiger partial charge < -0.3 is 10.1 Å². The second kappa shape index (κ2) is 9.47. The van der Waals surface area contributed by atoms with Gasteiger partial charge in [-0.15, -0.1) is 0 Å². The first-order valence-electron chi connectivity index (χ1n) is 8.05. The predicted octanol–water partition coefficient (Wildman–Crippen LogP) is 3.32. The van der Waals surface area contributed by atoms with Gasteiger partial charge in [0, 0.05) is 23.5 Å². The highest BCUT2D eigenvalue weighted by molar-refractivity contribution is 7.99. The fourth-order valence-electron chi connectivity index (χ4n) is 2.12. The highest BCUT2D eigenvalue weighted by Crippen LogP contribution is 2.26. The number of nitrogens with one attached hydrogen (secondary N) is 1. The van der Waals surface area contributed by atoms with E-state index in [9.17, 15) is 19.7 Å². The molecule has 0 saturated carbocycles. The summed E-state index contributed by atoms with van der Waals surface area (Å²) in [6, 6.07) is 5.45. The molecule has 2 rings (SSSR count). The summed E-state index contributed by atoms with van der Waals surface area (Å²) in [6.07, 6.45) is -1.08. The largest absolute Gasteiger partial charge is 0.452 e. The molecule has 0 radical (unpaired) electrons. The number of carbonyl (C=O) groups excluding carboxylic acids is 2. The molecule has 1 atom stereocenters.